The standard InChI is InChI=1S/C24H23F2N9O2S/c1-12-7-18(33-32-12)29-23-19(13-5-6-13)21(20-17(10-27)34(2)11-28-20)30-24(31-23)35(3)22-15(25)8-14(9-16(22)26)38(4,36)37/h7-9,11,13H,5-6H2,1-4H3,(H2,29,30,31,32,33). The first kappa shape index (κ1) is 25.3. The number of benzene rings is 1. The van der Waals surface area contributed by atoms with E-state index >= 15 is 8.78 Å². The molecule has 0 atom stereocenters. The summed E-state index contributed by atoms with van der Waals surface area (Å²) in [5.74, 6) is -1.38. The zero-order valence-electron chi connectivity index (χ0n) is 20.9. The molecule has 1 fully saturated rings. The van der Waals surface area contributed by atoms with E-state index in [0.29, 0.717) is 28.6 Å². The molecule has 11 nitrogen and oxygen atoms in total. The van der Waals surface area contributed by atoms with Crippen molar-refractivity contribution in [3.63, 3.8) is 0 Å². The van der Waals surface area contributed by atoms with Crippen LogP contribution in [0.4, 0.5) is 32.1 Å². The number of aromatic nitrogens is 6. The number of rotatable bonds is 7. The van der Waals surface area contributed by atoms with E-state index in [1.165, 1.54) is 13.4 Å². The molecule has 196 valence electrons. The van der Waals surface area contributed by atoms with Crippen molar-refractivity contribution in [1.82, 2.24) is 29.7 Å². The molecule has 3 aromatic heterocycles. The number of nitrogens with one attached hydrogen (secondary N) is 2. The van der Waals surface area contributed by atoms with Gasteiger partial charge in [-0.1, -0.05) is 0 Å². The van der Waals surface area contributed by atoms with Gasteiger partial charge >= 0.3 is 0 Å². The number of hydrogen-bond acceptors (Lipinski definition) is 9. The first-order valence-electron chi connectivity index (χ1n) is 11.5. The maximum Gasteiger partial charge on any atom is 0.232 e. The lowest BCUT2D eigenvalue weighted by molar-refractivity contribution is 0.569. The quantitative estimate of drug-likeness (QED) is 0.358. The van der Waals surface area contributed by atoms with Gasteiger partial charge in [0, 0.05) is 37.7 Å². The highest BCUT2D eigenvalue weighted by Crippen LogP contribution is 2.48. The summed E-state index contributed by atoms with van der Waals surface area (Å²) in [5, 5.41) is 20.0. The number of nitriles is 1. The van der Waals surface area contributed by atoms with Crippen molar-refractivity contribution in [2.45, 2.75) is 30.6 Å². The van der Waals surface area contributed by atoms with Crippen molar-refractivity contribution in [1.29, 1.82) is 5.26 Å². The Labute approximate surface area is 217 Å². The van der Waals surface area contributed by atoms with Gasteiger partial charge in [0.1, 0.15) is 34.7 Å². The lowest BCUT2D eigenvalue weighted by Crippen LogP contribution is -2.19. The summed E-state index contributed by atoms with van der Waals surface area (Å²) in [6.45, 7) is 1.84. The molecule has 4 aromatic rings. The van der Waals surface area contributed by atoms with Crippen LogP contribution in [0.2, 0.25) is 0 Å². The Morgan fingerprint density at radius 3 is 2.42 bits per heavy atom. The average molecular weight is 540 g/mol. The molecule has 38 heavy (non-hydrogen) atoms. The lowest BCUT2D eigenvalue weighted by Gasteiger charge is -2.22. The fraction of sp³-hybridized carbons (Fsp3) is 0.292. The molecule has 0 spiro atoms. The number of halogens is 2. The summed E-state index contributed by atoms with van der Waals surface area (Å²) < 4.78 is 55.5. The predicted octanol–water partition coefficient (Wildman–Crippen LogP) is 3.85. The second-order valence-corrected chi connectivity index (χ2v) is 11.2. The van der Waals surface area contributed by atoms with E-state index in [4.69, 9.17) is 0 Å². The largest absolute Gasteiger partial charge is 0.325 e. The van der Waals surface area contributed by atoms with Crippen LogP contribution in [-0.4, -0.2) is 51.4 Å². The number of sulfone groups is 1. The van der Waals surface area contributed by atoms with Crippen molar-refractivity contribution in [3.8, 4) is 17.5 Å². The third-order valence-corrected chi connectivity index (χ3v) is 7.29. The van der Waals surface area contributed by atoms with Gasteiger partial charge in [0.05, 0.1) is 11.2 Å². The molecule has 2 N–H and O–H groups in total. The molecule has 5 rings (SSSR count). The van der Waals surface area contributed by atoms with E-state index in [9.17, 15) is 13.7 Å². The Morgan fingerprint density at radius 1 is 1.18 bits per heavy atom. The van der Waals surface area contributed by atoms with E-state index in [1.54, 1.807) is 17.7 Å². The number of aryl methyl sites for hydroxylation is 2. The van der Waals surface area contributed by atoms with Crippen LogP contribution in [-0.2, 0) is 16.9 Å². The van der Waals surface area contributed by atoms with Crippen LogP contribution in [0, 0.1) is 29.9 Å². The lowest BCUT2D eigenvalue weighted by atomic mass is 10.1. The molecule has 0 saturated heterocycles. The van der Waals surface area contributed by atoms with Gasteiger partial charge in [-0.15, -0.1) is 0 Å². The van der Waals surface area contributed by atoms with Gasteiger partial charge in [-0.3, -0.25) is 5.10 Å². The molecule has 14 heteroatoms. The molecule has 0 unspecified atom stereocenters. The number of H-pyrrole nitrogens is 1. The van der Waals surface area contributed by atoms with Gasteiger partial charge in [-0.2, -0.15) is 15.3 Å². The van der Waals surface area contributed by atoms with E-state index in [-0.39, 0.29) is 17.6 Å². The molecule has 0 amide bonds. The van der Waals surface area contributed by atoms with Crippen LogP contribution >= 0.6 is 0 Å². The highest BCUT2D eigenvalue weighted by molar-refractivity contribution is 7.90. The van der Waals surface area contributed by atoms with Crippen LogP contribution in [0.25, 0.3) is 11.4 Å². The third kappa shape index (κ3) is 4.56. The second-order valence-electron chi connectivity index (χ2n) is 9.20. The van der Waals surface area contributed by atoms with Crippen LogP contribution in [0.1, 0.15) is 35.7 Å². The molecule has 0 bridgehead atoms. The summed E-state index contributed by atoms with van der Waals surface area (Å²) in [7, 11) is -0.796. The van der Waals surface area contributed by atoms with Crippen LogP contribution in [0.5, 0.6) is 0 Å². The SMILES string of the molecule is Cc1cc(Nc2nc(N(C)c3c(F)cc(S(C)(=O)=O)cc3F)nc(-c3ncn(C)c3C#N)c2C2CC2)n[nH]1. The molecule has 3 heterocycles. The Kier molecular flexibility index (Phi) is 6.10. The molecule has 1 aromatic carbocycles. The van der Waals surface area contributed by atoms with E-state index in [0.717, 1.165) is 41.8 Å². The third-order valence-electron chi connectivity index (χ3n) is 6.19. The normalized spacial score (nSPS) is 13.4. The van der Waals surface area contributed by atoms with Crippen LogP contribution < -0.4 is 10.2 Å². The van der Waals surface area contributed by atoms with Crippen molar-refractivity contribution >= 4 is 33.1 Å². The molecular weight excluding hydrogens is 516 g/mol. The van der Waals surface area contributed by atoms with Crippen LogP contribution in [0.3, 0.4) is 0 Å². The van der Waals surface area contributed by atoms with E-state index in [2.05, 4.69) is 36.5 Å². The highest BCUT2D eigenvalue weighted by atomic mass is 32.2. The minimum absolute atomic E-state index is 0.0861. The summed E-state index contributed by atoms with van der Waals surface area (Å²) >= 11 is 0. The zero-order valence-corrected chi connectivity index (χ0v) is 21.7. The summed E-state index contributed by atoms with van der Waals surface area (Å²) in [6, 6.07) is 5.41. The smallest absolute Gasteiger partial charge is 0.232 e. The van der Waals surface area contributed by atoms with Crippen molar-refractivity contribution < 1.29 is 17.2 Å². The van der Waals surface area contributed by atoms with Crippen molar-refractivity contribution in [2.75, 3.05) is 23.5 Å². The molecule has 0 aliphatic heterocycles. The Hall–Kier alpha value is -4.38. The molecule has 0 radical (unpaired) electrons. The first-order valence-corrected chi connectivity index (χ1v) is 13.4. The first-order chi connectivity index (χ1) is 18.0. The maximum atomic E-state index is 15.1. The molecule has 1 saturated carbocycles. The molecule has 1 aliphatic rings. The average Bonchev–Trinajstić information content (AvgIpc) is 3.49. The van der Waals surface area contributed by atoms with Gasteiger partial charge in [0.15, 0.2) is 27.3 Å². The second kappa shape index (κ2) is 9.18. The van der Waals surface area contributed by atoms with Crippen molar-refractivity contribution in [2.24, 2.45) is 7.05 Å². The van der Waals surface area contributed by atoms with E-state index < -0.39 is 32.1 Å². The predicted molar refractivity (Wildman–Crippen MR) is 135 cm³/mol. The fourth-order valence-corrected chi connectivity index (χ4v) is 4.79. The topological polar surface area (TPSA) is 145 Å². The van der Waals surface area contributed by atoms with Gasteiger partial charge in [0.2, 0.25) is 5.95 Å². The maximum absolute atomic E-state index is 15.1. The fourth-order valence-electron chi connectivity index (χ4n) is 4.16. The van der Waals surface area contributed by atoms with Gasteiger partial charge in [0.25, 0.3) is 0 Å². The minimum Gasteiger partial charge on any atom is -0.325 e. The van der Waals surface area contributed by atoms with Gasteiger partial charge in [-0.05, 0) is 37.8 Å². The Bertz CT molecular complexity index is 1700. The number of aromatic amines is 1. The van der Waals surface area contributed by atoms with Crippen LogP contribution in [0.15, 0.2) is 29.4 Å². The number of imidazole rings is 1. The summed E-state index contributed by atoms with van der Waals surface area (Å²) in [6.07, 6.45) is 4.09. The summed E-state index contributed by atoms with van der Waals surface area (Å²) in [4.78, 5) is 14.2. The zero-order chi connectivity index (χ0) is 27.4. The summed E-state index contributed by atoms with van der Waals surface area (Å²) in [5.41, 5.74) is 1.90. The monoisotopic (exact) mass is 539 g/mol. The van der Waals surface area contributed by atoms with Gasteiger partial charge < -0.3 is 14.8 Å². The Balaban J connectivity index is 1.72. The van der Waals surface area contributed by atoms with Crippen molar-refractivity contribution in [3.05, 3.63) is 53.1 Å². The Morgan fingerprint density at radius 2 is 1.87 bits per heavy atom. The highest BCUT2D eigenvalue weighted by Gasteiger charge is 2.34. The van der Waals surface area contributed by atoms with Gasteiger partial charge in [-0.25, -0.2) is 27.2 Å². The molecular formula is C24H23F2N9O2S. The minimum atomic E-state index is -3.84. The molecule has 1 aliphatic carbocycles. The number of hydrogen-bond donors (Lipinski definition) is 2. The van der Waals surface area contributed by atoms with E-state index in [1.807, 2.05) is 6.92 Å². The number of anilines is 4. The number of nitrogens with zero attached hydrogens (tertiary/aromatic N) is 7.